The number of benzene rings is 1. The fraction of sp³-hybridized carbons (Fsp3) is 0.0714. The maximum atomic E-state index is 11.4. The SMILES string of the molecule is CC(=Cc1ccc(C=C2SC(=O)NC2=O)cc1)C(N)=O. The predicted molar refractivity (Wildman–Crippen MR) is 78.4 cm³/mol. The van der Waals surface area contributed by atoms with Gasteiger partial charge in [-0.1, -0.05) is 24.3 Å². The van der Waals surface area contributed by atoms with Crippen LogP contribution in [0.2, 0.25) is 0 Å². The zero-order valence-corrected chi connectivity index (χ0v) is 11.5. The average molecular weight is 288 g/mol. The molecule has 3 N–H and O–H groups in total. The summed E-state index contributed by atoms with van der Waals surface area (Å²) in [6.07, 6.45) is 3.32. The van der Waals surface area contributed by atoms with Crippen LogP contribution in [0.15, 0.2) is 34.7 Å². The third kappa shape index (κ3) is 3.36. The Labute approximate surface area is 119 Å². The van der Waals surface area contributed by atoms with E-state index in [9.17, 15) is 14.4 Å². The van der Waals surface area contributed by atoms with Crippen LogP contribution in [0.5, 0.6) is 0 Å². The fourth-order valence-electron chi connectivity index (χ4n) is 1.58. The average Bonchev–Trinajstić information content (AvgIpc) is 2.70. The van der Waals surface area contributed by atoms with E-state index in [1.54, 1.807) is 43.3 Å². The number of nitrogens with two attached hydrogens (primary N) is 1. The van der Waals surface area contributed by atoms with Crippen molar-refractivity contribution in [3.8, 4) is 0 Å². The molecule has 0 saturated carbocycles. The quantitative estimate of drug-likeness (QED) is 0.831. The van der Waals surface area contributed by atoms with Gasteiger partial charge in [0.1, 0.15) is 0 Å². The molecule has 1 aliphatic rings. The molecule has 1 saturated heterocycles. The highest BCUT2D eigenvalue weighted by atomic mass is 32.2. The molecule has 6 heteroatoms. The van der Waals surface area contributed by atoms with Gasteiger partial charge in [0.15, 0.2) is 0 Å². The largest absolute Gasteiger partial charge is 0.366 e. The normalized spacial score (nSPS) is 17.4. The Morgan fingerprint density at radius 2 is 1.80 bits per heavy atom. The second kappa shape index (κ2) is 5.75. The minimum atomic E-state index is -0.464. The molecule has 20 heavy (non-hydrogen) atoms. The van der Waals surface area contributed by atoms with Crippen LogP contribution in [0.1, 0.15) is 18.1 Å². The number of hydrogen-bond acceptors (Lipinski definition) is 4. The topological polar surface area (TPSA) is 89.3 Å². The van der Waals surface area contributed by atoms with E-state index in [0.717, 1.165) is 22.9 Å². The van der Waals surface area contributed by atoms with Crippen LogP contribution in [-0.2, 0) is 9.59 Å². The molecule has 2 rings (SSSR count). The first-order valence-electron chi connectivity index (χ1n) is 5.79. The Balaban J connectivity index is 2.19. The number of carbonyl (C=O) groups excluding carboxylic acids is 3. The fourth-order valence-corrected chi connectivity index (χ4v) is 2.26. The molecule has 1 fully saturated rings. The molecule has 0 atom stereocenters. The molecule has 0 bridgehead atoms. The van der Waals surface area contributed by atoms with Crippen molar-refractivity contribution < 1.29 is 14.4 Å². The van der Waals surface area contributed by atoms with E-state index in [-0.39, 0.29) is 11.1 Å². The second-order valence-corrected chi connectivity index (χ2v) is 5.23. The van der Waals surface area contributed by atoms with E-state index >= 15 is 0 Å². The maximum Gasteiger partial charge on any atom is 0.290 e. The first-order valence-corrected chi connectivity index (χ1v) is 6.60. The minimum absolute atomic E-state index is 0.363. The summed E-state index contributed by atoms with van der Waals surface area (Å²) in [7, 11) is 0. The van der Waals surface area contributed by atoms with Crippen molar-refractivity contribution in [2.45, 2.75) is 6.92 Å². The summed E-state index contributed by atoms with van der Waals surface area (Å²) in [4.78, 5) is 33.7. The van der Waals surface area contributed by atoms with Crippen molar-refractivity contribution in [1.29, 1.82) is 0 Å². The van der Waals surface area contributed by atoms with Crippen LogP contribution in [0.4, 0.5) is 4.79 Å². The lowest BCUT2D eigenvalue weighted by Gasteiger charge is -1.99. The van der Waals surface area contributed by atoms with Crippen molar-refractivity contribution in [3.63, 3.8) is 0 Å². The molecular weight excluding hydrogens is 276 g/mol. The van der Waals surface area contributed by atoms with Gasteiger partial charge in [0.05, 0.1) is 4.91 Å². The van der Waals surface area contributed by atoms with E-state index in [0.29, 0.717) is 10.5 Å². The number of carbonyl (C=O) groups is 3. The van der Waals surface area contributed by atoms with Crippen molar-refractivity contribution >= 4 is 41.0 Å². The molecule has 1 aromatic rings. The second-order valence-electron chi connectivity index (χ2n) is 4.21. The highest BCUT2D eigenvalue weighted by Gasteiger charge is 2.24. The van der Waals surface area contributed by atoms with E-state index in [2.05, 4.69) is 5.32 Å². The highest BCUT2D eigenvalue weighted by Crippen LogP contribution is 2.25. The van der Waals surface area contributed by atoms with Crippen LogP contribution in [-0.4, -0.2) is 17.1 Å². The first kappa shape index (κ1) is 14.1. The monoisotopic (exact) mass is 288 g/mol. The molecule has 0 aliphatic carbocycles. The number of amides is 3. The number of thioether (sulfide) groups is 1. The van der Waals surface area contributed by atoms with Gasteiger partial charge in [-0.3, -0.25) is 19.7 Å². The molecule has 1 heterocycles. The summed E-state index contributed by atoms with van der Waals surface area (Å²) in [5.41, 5.74) is 7.25. The number of nitrogens with one attached hydrogen (secondary N) is 1. The molecule has 0 radical (unpaired) electrons. The molecule has 102 valence electrons. The van der Waals surface area contributed by atoms with Gasteiger partial charge in [-0.05, 0) is 42.0 Å². The third-order valence-corrected chi connectivity index (χ3v) is 3.46. The lowest BCUT2D eigenvalue weighted by molar-refractivity contribution is -0.115. The third-order valence-electron chi connectivity index (χ3n) is 2.65. The number of imide groups is 1. The van der Waals surface area contributed by atoms with Gasteiger partial charge in [-0.15, -0.1) is 0 Å². The van der Waals surface area contributed by atoms with Crippen LogP contribution in [0, 0.1) is 0 Å². The van der Waals surface area contributed by atoms with Crippen molar-refractivity contribution in [2.24, 2.45) is 5.73 Å². The Morgan fingerprint density at radius 1 is 1.20 bits per heavy atom. The standard InChI is InChI=1S/C14H12N2O3S/c1-8(12(15)17)6-9-2-4-10(5-3-9)7-11-13(18)16-14(19)20-11/h2-7H,1H3,(H2,15,17)(H,16,18,19). The van der Waals surface area contributed by atoms with E-state index < -0.39 is 5.91 Å². The predicted octanol–water partition coefficient (Wildman–Crippen LogP) is 1.90. The van der Waals surface area contributed by atoms with Crippen molar-refractivity contribution in [2.75, 3.05) is 0 Å². The van der Waals surface area contributed by atoms with Gasteiger partial charge >= 0.3 is 0 Å². The zero-order valence-electron chi connectivity index (χ0n) is 10.7. The molecule has 5 nitrogen and oxygen atoms in total. The van der Waals surface area contributed by atoms with E-state index in [1.165, 1.54) is 0 Å². The summed E-state index contributed by atoms with van der Waals surface area (Å²) < 4.78 is 0. The first-order chi connectivity index (χ1) is 9.45. The maximum absolute atomic E-state index is 11.4. The highest BCUT2D eigenvalue weighted by molar-refractivity contribution is 8.18. The zero-order chi connectivity index (χ0) is 14.7. The van der Waals surface area contributed by atoms with Crippen LogP contribution in [0.3, 0.4) is 0 Å². The minimum Gasteiger partial charge on any atom is -0.366 e. The molecule has 0 aromatic heterocycles. The summed E-state index contributed by atoms with van der Waals surface area (Å²) in [5, 5.41) is 1.83. The molecule has 1 aromatic carbocycles. The van der Waals surface area contributed by atoms with Gasteiger partial charge in [0.25, 0.3) is 11.1 Å². The summed E-state index contributed by atoms with van der Waals surface area (Å²) in [5.74, 6) is -0.845. The summed E-state index contributed by atoms with van der Waals surface area (Å²) in [6, 6.07) is 7.20. The Hall–Kier alpha value is -2.34. The van der Waals surface area contributed by atoms with Gasteiger partial charge in [-0.2, -0.15) is 0 Å². The Morgan fingerprint density at radius 3 is 2.30 bits per heavy atom. The van der Waals surface area contributed by atoms with Crippen molar-refractivity contribution in [3.05, 3.63) is 45.9 Å². The van der Waals surface area contributed by atoms with E-state index in [4.69, 9.17) is 5.73 Å². The van der Waals surface area contributed by atoms with Gasteiger partial charge in [0, 0.05) is 5.57 Å². The molecule has 0 spiro atoms. The molecule has 0 unspecified atom stereocenters. The molecular formula is C14H12N2O3S. The van der Waals surface area contributed by atoms with E-state index in [1.807, 2.05) is 0 Å². The number of rotatable bonds is 3. The summed E-state index contributed by atoms with van der Waals surface area (Å²) >= 11 is 0.876. The van der Waals surface area contributed by atoms with Crippen molar-refractivity contribution in [1.82, 2.24) is 5.32 Å². The smallest absolute Gasteiger partial charge is 0.290 e. The molecule has 1 aliphatic heterocycles. The number of hydrogen-bond donors (Lipinski definition) is 2. The lowest BCUT2D eigenvalue weighted by atomic mass is 10.1. The van der Waals surface area contributed by atoms with Crippen LogP contribution in [0.25, 0.3) is 12.2 Å². The lowest BCUT2D eigenvalue weighted by Crippen LogP contribution is -2.17. The van der Waals surface area contributed by atoms with Crippen LogP contribution < -0.4 is 11.1 Å². The van der Waals surface area contributed by atoms with Gasteiger partial charge in [-0.25, -0.2) is 0 Å². The molecule has 3 amide bonds. The van der Waals surface area contributed by atoms with Gasteiger partial charge < -0.3 is 5.73 Å². The van der Waals surface area contributed by atoms with Gasteiger partial charge in [0.2, 0.25) is 5.91 Å². The Kier molecular flexibility index (Phi) is 4.05. The Bertz CT molecular complexity index is 645. The van der Waals surface area contributed by atoms with Crippen LogP contribution >= 0.6 is 11.8 Å². The number of primary amides is 1. The summed E-state index contributed by atoms with van der Waals surface area (Å²) in [6.45, 7) is 1.64.